The molecule has 0 aliphatic carbocycles. The molecular formula is C23H29ClN6. The van der Waals surface area contributed by atoms with Gasteiger partial charge in [-0.15, -0.1) is 9.35 Å². The van der Waals surface area contributed by atoms with Crippen molar-refractivity contribution in [1.29, 1.82) is 0 Å². The molecule has 30 heavy (non-hydrogen) atoms. The molecule has 0 aliphatic heterocycles. The Bertz CT molecular complexity index is 907. The van der Waals surface area contributed by atoms with Crippen molar-refractivity contribution < 1.29 is 17.1 Å². The third-order valence-corrected chi connectivity index (χ3v) is 4.68. The van der Waals surface area contributed by atoms with Crippen molar-refractivity contribution in [1.82, 2.24) is 4.68 Å². The molecule has 0 aliphatic rings. The Morgan fingerprint density at radius 1 is 0.833 bits per heavy atom. The van der Waals surface area contributed by atoms with E-state index in [-0.39, 0.29) is 12.4 Å². The molecule has 158 valence electrons. The molecule has 3 rings (SSSR count). The molecule has 0 radical (unpaired) electrons. The first-order chi connectivity index (χ1) is 14.0. The number of hydrogen-bond acceptors (Lipinski definition) is 4. The fourth-order valence-electron chi connectivity index (χ4n) is 2.91. The summed E-state index contributed by atoms with van der Waals surface area (Å²) in [5.41, 5.74) is 4.45. The van der Waals surface area contributed by atoms with Gasteiger partial charge in [-0.25, -0.2) is 0 Å². The highest BCUT2D eigenvalue weighted by Gasteiger charge is 2.14. The van der Waals surface area contributed by atoms with Crippen molar-refractivity contribution in [2.45, 2.75) is 13.3 Å². The molecule has 0 saturated carbocycles. The molecule has 1 heterocycles. The molecule has 0 unspecified atom stereocenters. The molecule has 3 aromatic rings. The number of imidazole rings is 1. The van der Waals surface area contributed by atoms with Crippen molar-refractivity contribution in [2.75, 3.05) is 38.0 Å². The van der Waals surface area contributed by atoms with E-state index in [1.165, 1.54) is 11.4 Å². The zero-order valence-electron chi connectivity index (χ0n) is 18.2. The first kappa shape index (κ1) is 23.2. The van der Waals surface area contributed by atoms with E-state index in [0.717, 1.165) is 23.4 Å². The van der Waals surface area contributed by atoms with Crippen molar-refractivity contribution in [3.63, 3.8) is 0 Å². The molecule has 1 aromatic heterocycles. The van der Waals surface area contributed by atoms with Gasteiger partial charge in [-0.1, -0.05) is 41.4 Å². The van der Waals surface area contributed by atoms with Crippen LogP contribution in [0.5, 0.6) is 0 Å². The van der Waals surface area contributed by atoms with Gasteiger partial charge in [0.25, 0.3) is 0 Å². The largest absolute Gasteiger partial charge is 1.00 e. The Morgan fingerprint density at radius 2 is 1.33 bits per heavy atom. The maximum absolute atomic E-state index is 4.61. The van der Waals surface area contributed by atoms with Crippen LogP contribution in [0.2, 0.25) is 0 Å². The third-order valence-electron chi connectivity index (χ3n) is 4.68. The molecule has 0 saturated heterocycles. The summed E-state index contributed by atoms with van der Waals surface area (Å²) in [6.45, 7) is 2.10. The van der Waals surface area contributed by atoms with Crippen LogP contribution in [0.1, 0.15) is 23.9 Å². The van der Waals surface area contributed by atoms with Crippen LogP contribution < -0.4 is 26.9 Å². The fourth-order valence-corrected chi connectivity index (χ4v) is 2.91. The molecule has 6 nitrogen and oxygen atoms in total. The predicted molar refractivity (Wildman–Crippen MR) is 122 cm³/mol. The zero-order valence-corrected chi connectivity index (χ0v) is 19.0. The molecule has 2 aromatic carbocycles. The van der Waals surface area contributed by atoms with Gasteiger partial charge in [0.1, 0.15) is 0 Å². The summed E-state index contributed by atoms with van der Waals surface area (Å²) in [5.74, 6) is 1.01. The van der Waals surface area contributed by atoms with Crippen molar-refractivity contribution in [3.05, 3.63) is 77.9 Å². The Morgan fingerprint density at radius 3 is 1.80 bits per heavy atom. The van der Waals surface area contributed by atoms with Crippen LogP contribution in [-0.4, -0.2) is 45.3 Å². The Kier molecular flexibility index (Phi) is 8.18. The summed E-state index contributed by atoms with van der Waals surface area (Å²) < 4.78 is 3.73. The summed E-state index contributed by atoms with van der Waals surface area (Å²) in [5, 5.41) is 9.21. The van der Waals surface area contributed by atoms with E-state index < -0.39 is 0 Å². The number of benzene rings is 2. The fraction of sp³-hybridized carbons (Fsp3) is 0.261. The number of nitrogens with zero attached hydrogens (tertiary/aromatic N) is 6. The van der Waals surface area contributed by atoms with Gasteiger partial charge < -0.3 is 22.2 Å². The summed E-state index contributed by atoms with van der Waals surface area (Å²) >= 11 is 0. The lowest BCUT2D eigenvalue weighted by Crippen LogP contribution is -3.00. The summed E-state index contributed by atoms with van der Waals surface area (Å²) in [6.07, 6.45) is 8.41. The van der Waals surface area contributed by atoms with Gasteiger partial charge in [0.05, 0.1) is 18.9 Å². The minimum Gasteiger partial charge on any atom is -1.00 e. The maximum atomic E-state index is 4.61. The summed E-state index contributed by atoms with van der Waals surface area (Å²) in [4.78, 5) is 4.16. The summed E-state index contributed by atoms with van der Waals surface area (Å²) in [7, 11) is 8.14. The van der Waals surface area contributed by atoms with E-state index in [4.69, 9.17) is 0 Å². The molecule has 0 spiro atoms. The molecule has 0 amide bonds. The van der Waals surface area contributed by atoms with Crippen LogP contribution in [0.3, 0.4) is 0 Å². The average molecular weight is 425 g/mol. The minimum atomic E-state index is 0. The monoisotopic (exact) mass is 424 g/mol. The van der Waals surface area contributed by atoms with Gasteiger partial charge in [-0.05, 0) is 35.4 Å². The summed E-state index contributed by atoms with van der Waals surface area (Å²) in [6, 6.07) is 16.6. The van der Waals surface area contributed by atoms with E-state index >= 15 is 0 Å². The van der Waals surface area contributed by atoms with Crippen LogP contribution >= 0.6 is 0 Å². The number of anilines is 2. The highest BCUT2D eigenvalue weighted by molar-refractivity contribution is 5.80. The lowest BCUT2D eigenvalue weighted by molar-refractivity contribution is -0.685. The smallest absolute Gasteiger partial charge is 0.307 e. The highest BCUT2D eigenvalue weighted by atomic mass is 35.5. The Hall–Kier alpha value is -3.12. The first-order valence-electron chi connectivity index (χ1n) is 9.73. The standard InChI is InChI=1S/C23H29N6.ClH/c1-6-23-28(24-17-19-7-11-21(12-8-19)26(2)3)15-16-29(23)25-18-20-9-13-22(14-10-20)27(4)5;/h7-18H,6H2,1-5H3;1H/q+1;/p-1/b24-17+,25-18+;. The molecular weight excluding hydrogens is 396 g/mol. The maximum Gasteiger partial charge on any atom is 0.307 e. The van der Waals surface area contributed by atoms with Crippen LogP contribution in [0.15, 0.2) is 71.1 Å². The molecule has 0 bridgehead atoms. The van der Waals surface area contributed by atoms with Crippen LogP contribution in [0.4, 0.5) is 11.4 Å². The topological polar surface area (TPSA) is 40.0 Å². The normalized spacial score (nSPS) is 11.1. The van der Waals surface area contributed by atoms with Crippen molar-refractivity contribution in [3.8, 4) is 0 Å². The quantitative estimate of drug-likeness (QED) is 0.402. The van der Waals surface area contributed by atoms with Crippen molar-refractivity contribution in [2.24, 2.45) is 10.2 Å². The van der Waals surface area contributed by atoms with Crippen molar-refractivity contribution >= 4 is 23.8 Å². The number of aromatic nitrogens is 2. The second kappa shape index (κ2) is 10.6. The molecule has 0 atom stereocenters. The molecule has 7 heteroatoms. The molecule has 0 fully saturated rings. The number of halogens is 1. The van der Waals surface area contributed by atoms with Gasteiger partial charge in [-0.2, -0.15) is 0 Å². The minimum absolute atomic E-state index is 0. The van der Waals surface area contributed by atoms with Crippen LogP contribution in [0, 0.1) is 0 Å². The van der Waals surface area contributed by atoms with E-state index in [0.29, 0.717) is 0 Å². The van der Waals surface area contributed by atoms with E-state index in [1.807, 2.05) is 62.4 Å². The zero-order chi connectivity index (χ0) is 20.8. The number of hydrogen-bond donors (Lipinski definition) is 0. The van der Waals surface area contributed by atoms with Gasteiger partial charge in [0.2, 0.25) is 0 Å². The van der Waals surface area contributed by atoms with Gasteiger partial charge in [0, 0.05) is 39.6 Å². The average Bonchev–Trinajstić information content (AvgIpc) is 3.13. The van der Waals surface area contributed by atoms with Crippen LogP contribution in [-0.2, 0) is 6.42 Å². The Labute approximate surface area is 185 Å². The highest BCUT2D eigenvalue weighted by Crippen LogP contribution is 2.12. The number of rotatable bonds is 7. The van der Waals surface area contributed by atoms with Gasteiger partial charge in [-0.3, -0.25) is 0 Å². The molecule has 0 N–H and O–H groups in total. The Balaban J connectivity index is 0.00000320. The second-order valence-electron chi connectivity index (χ2n) is 7.22. The SMILES string of the molecule is CCc1n(/N=C/c2ccc(N(C)C)cc2)cc[n+]1/N=C/c1ccc(N(C)C)cc1.[Cl-]. The lowest BCUT2D eigenvalue weighted by atomic mass is 10.2. The van der Waals surface area contributed by atoms with Gasteiger partial charge >= 0.3 is 5.82 Å². The predicted octanol–water partition coefficient (Wildman–Crippen LogP) is 0.238. The van der Waals surface area contributed by atoms with E-state index in [9.17, 15) is 0 Å². The lowest BCUT2D eigenvalue weighted by Gasteiger charge is -2.11. The van der Waals surface area contributed by atoms with E-state index in [1.54, 1.807) is 0 Å². The van der Waals surface area contributed by atoms with E-state index in [2.05, 4.69) is 75.5 Å². The van der Waals surface area contributed by atoms with Crippen LogP contribution in [0.25, 0.3) is 0 Å². The third kappa shape index (κ3) is 5.70. The van der Waals surface area contributed by atoms with Gasteiger partial charge in [0.15, 0.2) is 12.4 Å². The second-order valence-corrected chi connectivity index (χ2v) is 7.22. The first-order valence-corrected chi connectivity index (χ1v) is 9.73.